The minimum absolute atomic E-state index is 0.113. The summed E-state index contributed by atoms with van der Waals surface area (Å²) in [7, 11) is 0. The fourth-order valence-corrected chi connectivity index (χ4v) is 2.95. The van der Waals surface area contributed by atoms with Crippen molar-refractivity contribution in [1.82, 2.24) is 5.16 Å². The summed E-state index contributed by atoms with van der Waals surface area (Å²) in [4.78, 5) is 12.5. The molecule has 1 N–H and O–H groups in total. The molecule has 0 fully saturated rings. The number of carbonyl (C=O) groups excluding carboxylic acids is 1. The zero-order valence-electron chi connectivity index (χ0n) is 15.7. The van der Waals surface area contributed by atoms with Gasteiger partial charge in [-0.25, -0.2) is 0 Å². The van der Waals surface area contributed by atoms with Gasteiger partial charge in [-0.05, 0) is 61.0 Å². The summed E-state index contributed by atoms with van der Waals surface area (Å²) in [5, 5.41) is 8.95. The monoisotopic (exact) mass is 372 g/mol. The molecule has 0 atom stereocenters. The maximum Gasteiger partial charge on any atom is 0.277 e. The standard InChI is InChI=1S/C23H20N2O3/c1-15(2)27-20-11-8-17(9-12-20)22-14-21(25-28-22)23(26)24-19-10-7-16-5-3-4-6-18(16)13-19/h3-15H,1-2H3,(H,24,26). The Kier molecular flexibility index (Phi) is 4.81. The van der Waals surface area contributed by atoms with E-state index in [2.05, 4.69) is 10.5 Å². The SMILES string of the molecule is CC(C)Oc1ccc(-c2cc(C(=O)Nc3ccc4ccccc4c3)no2)cc1. The van der Waals surface area contributed by atoms with Crippen LogP contribution in [0.4, 0.5) is 5.69 Å². The molecule has 0 aliphatic carbocycles. The van der Waals surface area contributed by atoms with Crippen molar-refractivity contribution in [3.8, 4) is 17.1 Å². The molecule has 0 radical (unpaired) electrons. The van der Waals surface area contributed by atoms with E-state index in [-0.39, 0.29) is 17.7 Å². The normalized spacial score (nSPS) is 11.0. The molecule has 1 amide bonds. The van der Waals surface area contributed by atoms with Gasteiger partial charge in [-0.15, -0.1) is 0 Å². The lowest BCUT2D eigenvalue weighted by Gasteiger charge is -2.09. The maximum atomic E-state index is 12.5. The van der Waals surface area contributed by atoms with Crippen LogP contribution in [0, 0.1) is 0 Å². The summed E-state index contributed by atoms with van der Waals surface area (Å²) in [5.74, 6) is 0.998. The molecule has 5 heteroatoms. The predicted octanol–water partition coefficient (Wildman–Crippen LogP) is 5.53. The number of hydrogen-bond acceptors (Lipinski definition) is 4. The molecule has 28 heavy (non-hydrogen) atoms. The van der Waals surface area contributed by atoms with Crippen molar-refractivity contribution in [2.24, 2.45) is 0 Å². The van der Waals surface area contributed by atoms with Crippen molar-refractivity contribution in [1.29, 1.82) is 0 Å². The van der Waals surface area contributed by atoms with Crippen LogP contribution in [0.25, 0.3) is 22.1 Å². The molecule has 1 aromatic heterocycles. The number of aromatic nitrogens is 1. The topological polar surface area (TPSA) is 64.4 Å². The molecule has 3 aromatic carbocycles. The molecule has 4 aromatic rings. The highest BCUT2D eigenvalue weighted by molar-refractivity contribution is 6.04. The largest absolute Gasteiger partial charge is 0.491 e. The minimum Gasteiger partial charge on any atom is -0.491 e. The first-order valence-electron chi connectivity index (χ1n) is 9.12. The van der Waals surface area contributed by atoms with Crippen molar-refractivity contribution in [3.05, 3.63) is 78.5 Å². The van der Waals surface area contributed by atoms with Gasteiger partial charge in [0.1, 0.15) is 5.75 Å². The number of nitrogens with zero attached hydrogens (tertiary/aromatic N) is 1. The lowest BCUT2D eigenvalue weighted by Crippen LogP contribution is -2.12. The van der Waals surface area contributed by atoms with Crippen LogP contribution in [0.5, 0.6) is 5.75 Å². The van der Waals surface area contributed by atoms with Gasteiger partial charge in [-0.3, -0.25) is 4.79 Å². The van der Waals surface area contributed by atoms with Crippen molar-refractivity contribution in [2.45, 2.75) is 20.0 Å². The molecule has 0 saturated heterocycles. The Labute approximate surface area is 162 Å². The van der Waals surface area contributed by atoms with Crippen LogP contribution >= 0.6 is 0 Å². The van der Waals surface area contributed by atoms with E-state index in [0.29, 0.717) is 11.4 Å². The molecule has 5 nitrogen and oxygen atoms in total. The fraction of sp³-hybridized carbons (Fsp3) is 0.130. The van der Waals surface area contributed by atoms with Gasteiger partial charge in [0, 0.05) is 17.3 Å². The van der Waals surface area contributed by atoms with Crippen LogP contribution < -0.4 is 10.1 Å². The number of ether oxygens (including phenoxy) is 1. The van der Waals surface area contributed by atoms with Crippen LogP contribution in [-0.2, 0) is 0 Å². The molecule has 0 spiro atoms. The Morgan fingerprint density at radius 1 is 0.964 bits per heavy atom. The number of rotatable bonds is 5. The number of benzene rings is 3. The van der Waals surface area contributed by atoms with E-state index < -0.39 is 0 Å². The number of hydrogen-bond donors (Lipinski definition) is 1. The van der Waals surface area contributed by atoms with Crippen molar-refractivity contribution in [3.63, 3.8) is 0 Å². The Morgan fingerprint density at radius 3 is 2.46 bits per heavy atom. The summed E-state index contributed by atoms with van der Waals surface area (Å²) in [6.07, 6.45) is 0.113. The summed E-state index contributed by atoms with van der Waals surface area (Å²) in [6.45, 7) is 3.95. The third-order valence-corrected chi connectivity index (χ3v) is 4.26. The summed E-state index contributed by atoms with van der Waals surface area (Å²) < 4.78 is 11.0. The van der Waals surface area contributed by atoms with Crippen LogP contribution in [0.1, 0.15) is 24.3 Å². The number of amides is 1. The third kappa shape index (κ3) is 3.88. The molecule has 0 aliphatic heterocycles. The summed E-state index contributed by atoms with van der Waals surface area (Å²) >= 11 is 0. The molecular formula is C23H20N2O3. The average molecular weight is 372 g/mol. The molecule has 0 unspecified atom stereocenters. The predicted molar refractivity (Wildman–Crippen MR) is 110 cm³/mol. The maximum absolute atomic E-state index is 12.5. The van der Waals surface area contributed by atoms with Crippen LogP contribution in [0.2, 0.25) is 0 Å². The molecule has 4 rings (SSSR count). The number of anilines is 1. The summed E-state index contributed by atoms with van der Waals surface area (Å²) in [5.41, 5.74) is 1.77. The summed E-state index contributed by atoms with van der Waals surface area (Å²) in [6, 6.07) is 22.9. The quantitative estimate of drug-likeness (QED) is 0.500. The minimum atomic E-state index is -0.315. The second-order valence-corrected chi connectivity index (χ2v) is 6.78. The van der Waals surface area contributed by atoms with Crippen molar-refractivity contribution >= 4 is 22.4 Å². The Bertz CT molecular complexity index is 1110. The van der Waals surface area contributed by atoms with Gasteiger partial charge >= 0.3 is 0 Å². The van der Waals surface area contributed by atoms with Crippen LogP contribution in [0.3, 0.4) is 0 Å². The highest BCUT2D eigenvalue weighted by Crippen LogP contribution is 2.24. The number of nitrogens with one attached hydrogen (secondary N) is 1. The van der Waals surface area contributed by atoms with E-state index in [1.807, 2.05) is 80.6 Å². The second-order valence-electron chi connectivity index (χ2n) is 6.78. The van der Waals surface area contributed by atoms with Gasteiger partial charge < -0.3 is 14.6 Å². The van der Waals surface area contributed by atoms with Gasteiger partial charge in [0.25, 0.3) is 5.91 Å². The first kappa shape index (κ1) is 17.8. The van der Waals surface area contributed by atoms with E-state index in [4.69, 9.17) is 9.26 Å². The molecule has 0 aliphatic rings. The first-order chi connectivity index (χ1) is 13.6. The zero-order valence-corrected chi connectivity index (χ0v) is 15.7. The van der Waals surface area contributed by atoms with Gasteiger partial charge in [0.2, 0.25) is 0 Å². The smallest absolute Gasteiger partial charge is 0.277 e. The fourth-order valence-electron chi connectivity index (χ4n) is 2.95. The highest BCUT2D eigenvalue weighted by Gasteiger charge is 2.14. The van der Waals surface area contributed by atoms with Crippen molar-refractivity contribution in [2.75, 3.05) is 5.32 Å². The van der Waals surface area contributed by atoms with E-state index in [1.165, 1.54) is 0 Å². The molecular weight excluding hydrogens is 352 g/mol. The van der Waals surface area contributed by atoms with E-state index >= 15 is 0 Å². The lowest BCUT2D eigenvalue weighted by atomic mass is 10.1. The van der Waals surface area contributed by atoms with Crippen molar-refractivity contribution < 1.29 is 14.1 Å². The Balaban J connectivity index is 1.49. The van der Waals surface area contributed by atoms with Gasteiger partial charge in [0.15, 0.2) is 11.5 Å². The molecule has 1 heterocycles. The number of carbonyl (C=O) groups is 1. The second kappa shape index (κ2) is 7.56. The molecule has 0 saturated carbocycles. The van der Waals surface area contributed by atoms with E-state index in [9.17, 15) is 4.79 Å². The lowest BCUT2D eigenvalue weighted by molar-refractivity contribution is 0.101. The first-order valence-corrected chi connectivity index (χ1v) is 9.12. The van der Waals surface area contributed by atoms with Gasteiger partial charge in [-0.2, -0.15) is 0 Å². The van der Waals surface area contributed by atoms with Crippen LogP contribution in [0.15, 0.2) is 77.3 Å². The van der Waals surface area contributed by atoms with Gasteiger partial charge in [-0.1, -0.05) is 35.5 Å². The van der Waals surface area contributed by atoms with Gasteiger partial charge in [0.05, 0.1) is 6.10 Å². The Hall–Kier alpha value is -3.60. The van der Waals surface area contributed by atoms with E-state index in [0.717, 1.165) is 22.1 Å². The highest BCUT2D eigenvalue weighted by atomic mass is 16.5. The van der Waals surface area contributed by atoms with E-state index in [1.54, 1.807) is 6.07 Å². The molecule has 0 bridgehead atoms. The molecule has 140 valence electrons. The Morgan fingerprint density at radius 2 is 1.71 bits per heavy atom. The third-order valence-electron chi connectivity index (χ3n) is 4.26. The zero-order chi connectivity index (χ0) is 19.5. The number of fused-ring (bicyclic) bond motifs is 1. The average Bonchev–Trinajstić information content (AvgIpc) is 3.18. The van der Waals surface area contributed by atoms with Crippen LogP contribution in [-0.4, -0.2) is 17.2 Å².